The summed E-state index contributed by atoms with van der Waals surface area (Å²) in [5, 5.41) is 3.91. The molecule has 27 heavy (non-hydrogen) atoms. The van der Waals surface area contributed by atoms with Crippen molar-refractivity contribution in [2.75, 3.05) is 0 Å². The molecule has 3 aromatic rings. The number of rotatable bonds is 4. The molecule has 0 saturated carbocycles. The van der Waals surface area contributed by atoms with E-state index in [9.17, 15) is 28.6 Å². The number of H-pyrrole nitrogens is 1. The lowest BCUT2D eigenvalue weighted by atomic mass is 10.1. The van der Waals surface area contributed by atoms with E-state index in [1.807, 2.05) is 0 Å². The molecule has 5 nitrogen and oxygen atoms in total. The molecule has 0 aliphatic rings. The van der Waals surface area contributed by atoms with Gasteiger partial charge in [-0.1, -0.05) is 31.6 Å². The van der Waals surface area contributed by atoms with Crippen LogP contribution in [0.2, 0.25) is 0 Å². The lowest BCUT2D eigenvalue weighted by molar-refractivity contribution is 0.364. The molecule has 2 heterocycles. The molecule has 0 saturated heterocycles. The van der Waals surface area contributed by atoms with Gasteiger partial charge in [-0.15, -0.1) is 0 Å². The van der Waals surface area contributed by atoms with Gasteiger partial charge in [0.05, 0.1) is 6.04 Å². The van der Waals surface area contributed by atoms with Crippen LogP contribution in [0.4, 0.5) is 23.8 Å². The molecule has 0 aliphatic carbocycles. The van der Waals surface area contributed by atoms with Crippen LogP contribution in [0.3, 0.4) is 0 Å². The molecule has 0 bridgehead atoms. The molecular weight excluding hydrogens is 398 g/mol. The molecule has 1 aromatic carbocycles. The number of aromatic amines is 1. The number of alkyl halides is 1. The van der Waals surface area contributed by atoms with E-state index in [0.717, 1.165) is 12.1 Å². The molecule has 1 N–H and O–H groups in total. The van der Waals surface area contributed by atoms with Gasteiger partial charge in [-0.3, -0.25) is 4.79 Å². The van der Waals surface area contributed by atoms with Crippen molar-refractivity contribution in [3.05, 3.63) is 51.7 Å². The number of aromatic nitrogens is 4. The second-order valence-corrected chi connectivity index (χ2v) is 8.50. The molecule has 2 aromatic heterocycles. The number of benzene rings is 1. The van der Waals surface area contributed by atoms with Crippen molar-refractivity contribution in [2.24, 2.45) is 0 Å². The summed E-state index contributed by atoms with van der Waals surface area (Å²) in [5.41, 5.74) is -0.516. The highest BCUT2D eigenvalue weighted by Crippen LogP contribution is 3.02. The Morgan fingerprint density at radius 2 is 1.74 bits per heavy atom. The molecule has 3 rings (SSSR count). The van der Waals surface area contributed by atoms with Crippen LogP contribution in [-0.4, -0.2) is 19.7 Å². The summed E-state index contributed by atoms with van der Waals surface area (Å²) in [6.07, 6.45) is 0. The van der Waals surface area contributed by atoms with Crippen LogP contribution >= 0.6 is 10.2 Å². The first-order valence-electron chi connectivity index (χ1n) is 7.59. The fourth-order valence-corrected chi connectivity index (χ4v) is 3.38. The summed E-state index contributed by atoms with van der Waals surface area (Å²) in [5.74, 6) is 0.238. The molecular formula is C15H14F6N4OS. The fraction of sp³-hybridized carbons (Fsp3) is 0.267. The Bertz CT molecular complexity index is 1090. The topological polar surface area (TPSA) is 63.6 Å². The predicted molar refractivity (Wildman–Crippen MR) is 89.3 cm³/mol. The molecule has 0 unspecified atom stereocenters. The average molecular weight is 412 g/mol. The van der Waals surface area contributed by atoms with Crippen molar-refractivity contribution in [3.63, 3.8) is 0 Å². The second kappa shape index (κ2) is 5.27. The van der Waals surface area contributed by atoms with E-state index in [1.54, 1.807) is 0 Å². The predicted octanol–water partition coefficient (Wildman–Crippen LogP) is 5.16. The number of aryl methyl sites for hydroxylation is 1. The van der Waals surface area contributed by atoms with Crippen molar-refractivity contribution >= 4 is 21.3 Å². The normalized spacial score (nSPS) is 16.1. The quantitative estimate of drug-likeness (QED) is 0.602. The lowest BCUT2D eigenvalue weighted by Gasteiger charge is -2.40. The first kappa shape index (κ1) is 19.3. The van der Waals surface area contributed by atoms with Crippen molar-refractivity contribution < 1.29 is 23.8 Å². The number of halogens is 6. The van der Waals surface area contributed by atoms with Gasteiger partial charge in [0.15, 0.2) is 5.65 Å². The molecule has 0 fully saturated rings. The fourth-order valence-electron chi connectivity index (χ4n) is 2.73. The second-order valence-electron chi connectivity index (χ2n) is 6.09. The Hall–Kier alpha value is -2.50. The highest BCUT2D eigenvalue weighted by molar-refractivity contribution is 8.45. The van der Waals surface area contributed by atoms with E-state index in [1.165, 1.54) is 18.5 Å². The van der Waals surface area contributed by atoms with Gasteiger partial charge in [-0.2, -0.15) is 5.10 Å². The molecule has 0 amide bonds. The van der Waals surface area contributed by atoms with Crippen LogP contribution in [0.5, 0.6) is 0 Å². The average Bonchev–Trinajstić information content (AvgIpc) is 2.91. The Balaban J connectivity index is 2.12. The maximum Gasteiger partial charge on any atom is 0.310 e. The standard InChI is InChI=1S/C15H14F6N4OS/c1-8(10-3-5-11(6-4-10)27(17,18,19,20)21)25-14-13(12(7-16)24-25)15(26)23-9(2)22-14/h3-6,8H,7H2,1-2H3,(H,22,23,26)/t8-/m1/s1. The van der Waals surface area contributed by atoms with Gasteiger partial charge in [-0.25, -0.2) is 14.1 Å². The van der Waals surface area contributed by atoms with Gasteiger partial charge in [0, 0.05) is 0 Å². The summed E-state index contributed by atoms with van der Waals surface area (Å²) >= 11 is 0. The Morgan fingerprint density at radius 1 is 1.15 bits per heavy atom. The number of nitrogens with zero attached hydrogens (tertiary/aromatic N) is 3. The van der Waals surface area contributed by atoms with E-state index in [2.05, 4.69) is 15.1 Å². The number of nitrogens with one attached hydrogen (secondary N) is 1. The van der Waals surface area contributed by atoms with Crippen LogP contribution in [0.1, 0.15) is 30.0 Å². The highest BCUT2D eigenvalue weighted by Gasteiger charge is 2.65. The van der Waals surface area contributed by atoms with E-state index in [0.29, 0.717) is 12.1 Å². The Kier molecular flexibility index (Phi) is 3.76. The molecule has 12 heteroatoms. The van der Waals surface area contributed by atoms with Gasteiger partial charge < -0.3 is 4.98 Å². The minimum absolute atomic E-state index is 0.0493. The third kappa shape index (κ3) is 3.53. The summed E-state index contributed by atoms with van der Waals surface area (Å²) in [7, 11) is -9.77. The van der Waals surface area contributed by atoms with E-state index >= 15 is 0 Å². The maximum absolute atomic E-state index is 13.2. The van der Waals surface area contributed by atoms with Gasteiger partial charge >= 0.3 is 10.2 Å². The van der Waals surface area contributed by atoms with Crippen LogP contribution in [0.25, 0.3) is 11.0 Å². The minimum Gasteiger partial charge on any atom is -0.310 e. The number of fused-ring (bicyclic) bond motifs is 1. The zero-order chi connectivity index (χ0) is 20.3. The van der Waals surface area contributed by atoms with E-state index < -0.39 is 33.4 Å². The van der Waals surface area contributed by atoms with Crippen LogP contribution < -0.4 is 5.56 Å². The zero-order valence-corrected chi connectivity index (χ0v) is 14.8. The van der Waals surface area contributed by atoms with Crippen molar-refractivity contribution in [1.82, 2.24) is 19.7 Å². The van der Waals surface area contributed by atoms with Crippen LogP contribution in [0.15, 0.2) is 34.0 Å². The SMILES string of the molecule is Cc1nc2c(c(CF)nn2[C@H](C)c2ccc(S(F)(F)(F)(F)F)cc2)c(=O)[nH]1. The summed E-state index contributed by atoms with van der Waals surface area (Å²) in [6.45, 7) is 1.97. The van der Waals surface area contributed by atoms with Gasteiger partial charge in [-0.05, 0) is 31.5 Å². The molecule has 148 valence electrons. The third-order valence-corrected chi connectivity index (χ3v) is 5.22. The van der Waals surface area contributed by atoms with Crippen molar-refractivity contribution in [2.45, 2.75) is 31.5 Å². The van der Waals surface area contributed by atoms with Crippen molar-refractivity contribution in [3.8, 4) is 0 Å². The number of hydrogen-bond donors (Lipinski definition) is 1. The largest absolute Gasteiger partial charge is 0.310 e. The number of hydrogen-bond acceptors (Lipinski definition) is 3. The van der Waals surface area contributed by atoms with Crippen molar-refractivity contribution in [1.29, 1.82) is 0 Å². The van der Waals surface area contributed by atoms with E-state index in [4.69, 9.17) is 0 Å². The Morgan fingerprint density at radius 3 is 2.26 bits per heavy atom. The maximum atomic E-state index is 13.2. The first-order valence-corrected chi connectivity index (χ1v) is 9.54. The zero-order valence-electron chi connectivity index (χ0n) is 14.0. The van der Waals surface area contributed by atoms with Crippen LogP contribution in [0, 0.1) is 6.92 Å². The highest BCUT2D eigenvalue weighted by atomic mass is 32.5. The van der Waals surface area contributed by atoms with E-state index in [-0.39, 0.29) is 28.1 Å². The first-order chi connectivity index (χ1) is 12.2. The molecule has 0 aliphatic heterocycles. The summed E-state index contributed by atoms with van der Waals surface area (Å²) in [4.78, 5) is 16.6. The monoisotopic (exact) mass is 412 g/mol. The molecule has 0 radical (unpaired) electrons. The summed E-state index contributed by atoms with van der Waals surface area (Å²) < 4.78 is 78.6. The van der Waals surface area contributed by atoms with Crippen LogP contribution in [-0.2, 0) is 6.67 Å². The minimum atomic E-state index is -9.77. The molecule has 1 atom stereocenters. The third-order valence-electron chi connectivity index (χ3n) is 4.05. The Labute approximate surface area is 148 Å². The molecule has 0 spiro atoms. The lowest BCUT2D eigenvalue weighted by Crippen LogP contribution is -2.13. The summed E-state index contributed by atoms with van der Waals surface area (Å²) in [6, 6.07) is 1.58. The van der Waals surface area contributed by atoms with Gasteiger partial charge in [0.1, 0.15) is 28.5 Å². The smallest absolute Gasteiger partial charge is 0.310 e. The van der Waals surface area contributed by atoms with Gasteiger partial charge in [0.25, 0.3) is 5.56 Å². The van der Waals surface area contributed by atoms with Gasteiger partial charge in [0.2, 0.25) is 0 Å².